The summed E-state index contributed by atoms with van der Waals surface area (Å²) >= 11 is 1.29. The van der Waals surface area contributed by atoms with Crippen LogP contribution in [0.1, 0.15) is 17.4 Å². The molecule has 6 nitrogen and oxygen atoms in total. The maximum atomic E-state index is 11.9. The van der Waals surface area contributed by atoms with E-state index in [0.29, 0.717) is 10.8 Å². The van der Waals surface area contributed by atoms with Gasteiger partial charge in [0.05, 0.1) is 25.0 Å². The summed E-state index contributed by atoms with van der Waals surface area (Å²) in [5.74, 6) is 0.149. The number of thiazole rings is 1. The fraction of sp³-hybridized carbons (Fsp3) is 0.333. The van der Waals surface area contributed by atoms with E-state index in [4.69, 9.17) is 14.6 Å². The Balaban J connectivity index is 2.13. The van der Waals surface area contributed by atoms with Gasteiger partial charge < -0.3 is 19.9 Å². The fourth-order valence-electron chi connectivity index (χ4n) is 1.36. The second kappa shape index (κ2) is 5.52. The molecule has 0 aliphatic rings. The molecule has 19 heavy (non-hydrogen) atoms. The smallest absolute Gasteiger partial charge is 0.271 e. The Morgan fingerprint density at radius 2 is 2.26 bits per heavy atom. The van der Waals surface area contributed by atoms with E-state index in [-0.39, 0.29) is 18.9 Å². The number of aliphatic hydroxyl groups excluding tert-OH is 2. The summed E-state index contributed by atoms with van der Waals surface area (Å²) in [7, 11) is 0. The highest BCUT2D eigenvalue weighted by Gasteiger charge is 2.26. The van der Waals surface area contributed by atoms with Gasteiger partial charge in [-0.2, -0.15) is 0 Å². The molecule has 102 valence electrons. The van der Waals surface area contributed by atoms with Crippen LogP contribution in [0.5, 0.6) is 0 Å². The number of furan rings is 1. The molecule has 0 radical (unpaired) electrons. The second-order valence-corrected chi connectivity index (χ2v) is 5.20. The van der Waals surface area contributed by atoms with Crippen molar-refractivity contribution in [1.29, 1.82) is 0 Å². The summed E-state index contributed by atoms with van der Waals surface area (Å²) in [5.41, 5.74) is -0.838. The first-order valence-electron chi connectivity index (χ1n) is 5.61. The maximum Gasteiger partial charge on any atom is 0.271 e. The van der Waals surface area contributed by atoms with E-state index < -0.39 is 11.4 Å². The van der Waals surface area contributed by atoms with E-state index in [1.807, 2.05) is 0 Å². The maximum absolute atomic E-state index is 11.9. The van der Waals surface area contributed by atoms with Crippen molar-refractivity contribution in [1.82, 2.24) is 10.3 Å². The SMILES string of the molecule is CC(CO)(CO)NC(=O)c1csc(-c2ccco2)n1. The van der Waals surface area contributed by atoms with E-state index in [1.165, 1.54) is 17.6 Å². The number of carbonyl (C=O) groups is 1. The number of amides is 1. The Labute approximate surface area is 113 Å². The number of aromatic nitrogens is 1. The highest BCUT2D eigenvalue weighted by atomic mass is 32.1. The van der Waals surface area contributed by atoms with Gasteiger partial charge >= 0.3 is 0 Å². The lowest BCUT2D eigenvalue weighted by atomic mass is 10.1. The molecule has 0 aliphatic heterocycles. The van der Waals surface area contributed by atoms with Crippen molar-refractivity contribution in [2.75, 3.05) is 13.2 Å². The highest BCUT2D eigenvalue weighted by Crippen LogP contribution is 2.24. The molecule has 0 aliphatic carbocycles. The Hall–Kier alpha value is -1.70. The minimum absolute atomic E-state index is 0.226. The lowest BCUT2D eigenvalue weighted by Gasteiger charge is -2.25. The van der Waals surface area contributed by atoms with Crippen LogP contribution < -0.4 is 5.32 Å². The summed E-state index contributed by atoms with van der Waals surface area (Å²) in [6.45, 7) is 0.833. The van der Waals surface area contributed by atoms with Gasteiger partial charge in [-0.15, -0.1) is 11.3 Å². The third-order valence-corrected chi connectivity index (χ3v) is 3.44. The van der Waals surface area contributed by atoms with Crippen LogP contribution in [0.4, 0.5) is 0 Å². The predicted octanol–water partition coefficient (Wildman–Crippen LogP) is 0.876. The third-order valence-electron chi connectivity index (χ3n) is 2.58. The Kier molecular flexibility index (Phi) is 3.98. The lowest BCUT2D eigenvalue weighted by Crippen LogP contribution is -2.51. The summed E-state index contributed by atoms with van der Waals surface area (Å²) < 4.78 is 5.19. The van der Waals surface area contributed by atoms with Gasteiger partial charge in [0.25, 0.3) is 5.91 Å². The van der Waals surface area contributed by atoms with Crippen LogP contribution in [-0.2, 0) is 0 Å². The molecule has 1 amide bonds. The van der Waals surface area contributed by atoms with Gasteiger partial charge in [-0.25, -0.2) is 4.98 Å². The molecular weight excluding hydrogens is 268 g/mol. The summed E-state index contributed by atoms with van der Waals surface area (Å²) in [6.07, 6.45) is 1.53. The van der Waals surface area contributed by atoms with Crippen molar-refractivity contribution in [3.8, 4) is 10.8 Å². The summed E-state index contributed by atoms with van der Waals surface area (Å²) in [4.78, 5) is 16.1. The minimum Gasteiger partial charge on any atom is -0.462 e. The fourth-order valence-corrected chi connectivity index (χ4v) is 2.12. The van der Waals surface area contributed by atoms with Crippen LogP contribution in [0.25, 0.3) is 10.8 Å². The van der Waals surface area contributed by atoms with Gasteiger partial charge in [0.1, 0.15) is 5.69 Å². The van der Waals surface area contributed by atoms with Gasteiger partial charge in [-0.3, -0.25) is 4.79 Å². The normalized spacial score (nSPS) is 11.5. The number of aliphatic hydroxyl groups is 2. The lowest BCUT2D eigenvalue weighted by molar-refractivity contribution is 0.0720. The molecular formula is C12H14N2O4S. The van der Waals surface area contributed by atoms with Crippen LogP contribution in [0.2, 0.25) is 0 Å². The van der Waals surface area contributed by atoms with Crippen LogP contribution in [0.3, 0.4) is 0 Å². The van der Waals surface area contributed by atoms with Crippen LogP contribution >= 0.6 is 11.3 Å². The van der Waals surface area contributed by atoms with Gasteiger partial charge in [0.2, 0.25) is 0 Å². The van der Waals surface area contributed by atoms with Gasteiger partial charge in [-0.05, 0) is 19.1 Å². The minimum atomic E-state index is -1.06. The van der Waals surface area contributed by atoms with Crippen molar-refractivity contribution in [2.45, 2.75) is 12.5 Å². The average Bonchev–Trinajstić information content (AvgIpc) is 3.08. The quantitative estimate of drug-likeness (QED) is 0.756. The largest absolute Gasteiger partial charge is 0.462 e. The Morgan fingerprint density at radius 1 is 1.53 bits per heavy atom. The van der Waals surface area contributed by atoms with E-state index in [0.717, 1.165) is 0 Å². The molecule has 0 atom stereocenters. The number of nitrogens with one attached hydrogen (secondary N) is 1. The molecule has 0 aromatic carbocycles. The molecule has 0 fully saturated rings. The van der Waals surface area contributed by atoms with Crippen molar-refractivity contribution in [2.24, 2.45) is 0 Å². The number of hydrogen-bond acceptors (Lipinski definition) is 6. The van der Waals surface area contributed by atoms with Crippen molar-refractivity contribution in [3.05, 3.63) is 29.5 Å². The van der Waals surface area contributed by atoms with Crippen molar-refractivity contribution in [3.63, 3.8) is 0 Å². The molecule has 0 saturated heterocycles. The van der Waals surface area contributed by atoms with E-state index in [2.05, 4.69) is 10.3 Å². The number of hydrogen-bond donors (Lipinski definition) is 3. The van der Waals surface area contributed by atoms with Gasteiger partial charge in [-0.1, -0.05) is 0 Å². The molecule has 0 saturated carbocycles. The zero-order valence-electron chi connectivity index (χ0n) is 10.3. The Morgan fingerprint density at radius 3 is 2.84 bits per heavy atom. The summed E-state index contributed by atoms with van der Waals surface area (Å²) in [6, 6.07) is 3.50. The first-order valence-corrected chi connectivity index (χ1v) is 6.49. The highest BCUT2D eigenvalue weighted by molar-refractivity contribution is 7.13. The number of carbonyl (C=O) groups excluding carboxylic acids is 1. The van der Waals surface area contributed by atoms with Crippen molar-refractivity contribution < 1.29 is 19.4 Å². The predicted molar refractivity (Wildman–Crippen MR) is 69.9 cm³/mol. The first kappa shape index (κ1) is 13.7. The second-order valence-electron chi connectivity index (χ2n) is 4.35. The first-order chi connectivity index (χ1) is 9.08. The van der Waals surface area contributed by atoms with Crippen LogP contribution in [-0.4, -0.2) is 39.9 Å². The van der Waals surface area contributed by atoms with E-state index >= 15 is 0 Å². The third kappa shape index (κ3) is 3.01. The topological polar surface area (TPSA) is 95.6 Å². The number of nitrogens with zero attached hydrogens (tertiary/aromatic N) is 1. The average molecular weight is 282 g/mol. The molecule has 2 aromatic heterocycles. The van der Waals surface area contributed by atoms with Gasteiger partial charge in [0.15, 0.2) is 10.8 Å². The zero-order valence-corrected chi connectivity index (χ0v) is 11.1. The zero-order chi connectivity index (χ0) is 13.9. The molecule has 0 bridgehead atoms. The Bertz CT molecular complexity index is 546. The molecule has 2 rings (SSSR count). The van der Waals surface area contributed by atoms with Gasteiger partial charge in [0, 0.05) is 5.38 Å². The molecule has 3 N–H and O–H groups in total. The van der Waals surface area contributed by atoms with Crippen LogP contribution in [0.15, 0.2) is 28.2 Å². The molecule has 2 heterocycles. The molecule has 7 heteroatoms. The van der Waals surface area contributed by atoms with E-state index in [1.54, 1.807) is 24.4 Å². The standard InChI is InChI=1S/C12H14N2O4S/c1-12(6-15,7-16)14-10(17)8-5-19-11(13-8)9-3-2-4-18-9/h2-5,15-16H,6-7H2,1H3,(H,14,17). The number of rotatable bonds is 5. The summed E-state index contributed by atoms with van der Waals surface area (Å²) in [5, 5.41) is 23.0. The molecule has 0 spiro atoms. The molecule has 0 unspecified atom stereocenters. The monoisotopic (exact) mass is 282 g/mol. The van der Waals surface area contributed by atoms with E-state index in [9.17, 15) is 4.79 Å². The molecule has 2 aromatic rings. The van der Waals surface area contributed by atoms with Crippen molar-refractivity contribution >= 4 is 17.2 Å². The van der Waals surface area contributed by atoms with Crippen LogP contribution in [0, 0.1) is 0 Å².